The fourth-order valence-electron chi connectivity index (χ4n) is 1.36. The molecule has 1 fully saturated rings. The smallest absolute Gasteiger partial charge is 0.160 e. The summed E-state index contributed by atoms with van der Waals surface area (Å²) in [6, 6.07) is 0. The second-order valence-electron chi connectivity index (χ2n) is 2.92. The quantitative estimate of drug-likeness (QED) is 0.580. The van der Waals surface area contributed by atoms with E-state index in [4.69, 9.17) is 9.47 Å². The molecule has 1 aliphatic heterocycles. The molecule has 1 saturated heterocycles. The third-order valence-corrected chi connectivity index (χ3v) is 2.19. The standard InChI is InChI=1S/C9H16O2/c1-4-8-6-11-9(7(8)3)10-5-2/h4,7-9H,1,5-6H2,2-3H3/t7-,8-,9+/m0/s1. The van der Waals surface area contributed by atoms with Crippen molar-refractivity contribution in [3.8, 4) is 0 Å². The highest BCUT2D eigenvalue weighted by Gasteiger charge is 2.31. The molecular formula is C9H16O2. The van der Waals surface area contributed by atoms with Crippen LogP contribution in [0.4, 0.5) is 0 Å². The van der Waals surface area contributed by atoms with Gasteiger partial charge < -0.3 is 9.47 Å². The van der Waals surface area contributed by atoms with Gasteiger partial charge in [0.1, 0.15) is 0 Å². The van der Waals surface area contributed by atoms with Gasteiger partial charge in [0.15, 0.2) is 6.29 Å². The van der Waals surface area contributed by atoms with Crippen LogP contribution in [0.1, 0.15) is 13.8 Å². The number of ether oxygens (including phenoxy) is 2. The normalized spacial score (nSPS) is 37.5. The van der Waals surface area contributed by atoms with Crippen molar-refractivity contribution in [1.82, 2.24) is 0 Å². The van der Waals surface area contributed by atoms with E-state index in [-0.39, 0.29) is 6.29 Å². The van der Waals surface area contributed by atoms with Gasteiger partial charge in [-0.25, -0.2) is 0 Å². The van der Waals surface area contributed by atoms with Crippen LogP contribution in [0, 0.1) is 11.8 Å². The zero-order chi connectivity index (χ0) is 8.27. The Bertz CT molecular complexity index is 134. The Kier molecular flexibility index (Phi) is 3.09. The lowest BCUT2D eigenvalue weighted by Crippen LogP contribution is -2.19. The molecule has 2 nitrogen and oxygen atoms in total. The molecule has 0 saturated carbocycles. The van der Waals surface area contributed by atoms with Crippen molar-refractivity contribution in [2.45, 2.75) is 20.1 Å². The van der Waals surface area contributed by atoms with Crippen molar-refractivity contribution in [3.05, 3.63) is 12.7 Å². The topological polar surface area (TPSA) is 18.5 Å². The van der Waals surface area contributed by atoms with E-state index in [0.717, 1.165) is 13.2 Å². The van der Waals surface area contributed by atoms with Crippen LogP contribution >= 0.6 is 0 Å². The van der Waals surface area contributed by atoms with Crippen LogP contribution in [0.2, 0.25) is 0 Å². The first kappa shape index (κ1) is 8.75. The summed E-state index contributed by atoms with van der Waals surface area (Å²) < 4.78 is 10.8. The van der Waals surface area contributed by atoms with E-state index in [9.17, 15) is 0 Å². The summed E-state index contributed by atoms with van der Waals surface area (Å²) >= 11 is 0. The highest BCUT2D eigenvalue weighted by molar-refractivity contribution is 4.88. The van der Waals surface area contributed by atoms with Gasteiger partial charge >= 0.3 is 0 Å². The molecular weight excluding hydrogens is 140 g/mol. The molecule has 0 aromatic heterocycles. The highest BCUT2D eigenvalue weighted by atomic mass is 16.7. The lowest BCUT2D eigenvalue weighted by atomic mass is 9.97. The summed E-state index contributed by atoms with van der Waals surface area (Å²) in [5.41, 5.74) is 0. The van der Waals surface area contributed by atoms with Crippen LogP contribution in [0.5, 0.6) is 0 Å². The molecule has 0 unspecified atom stereocenters. The Labute approximate surface area is 68.2 Å². The van der Waals surface area contributed by atoms with Crippen molar-refractivity contribution in [2.75, 3.05) is 13.2 Å². The molecule has 1 rings (SSSR count). The molecule has 0 aromatic rings. The molecule has 64 valence electrons. The zero-order valence-electron chi connectivity index (χ0n) is 7.25. The minimum absolute atomic E-state index is 0.0111. The molecule has 0 amide bonds. The lowest BCUT2D eigenvalue weighted by molar-refractivity contribution is -0.124. The molecule has 0 radical (unpaired) electrons. The molecule has 1 heterocycles. The minimum atomic E-state index is -0.0111. The number of hydrogen-bond donors (Lipinski definition) is 0. The summed E-state index contributed by atoms with van der Waals surface area (Å²) in [7, 11) is 0. The second-order valence-corrected chi connectivity index (χ2v) is 2.92. The van der Waals surface area contributed by atoms with Crippen LogP contribution in [0.25, 0.3) is 0 Å². The Hall–Kier alpha value is -0.340. The van der Waals surface area contributed by atoms with Gasteiger partial charge in [0.2, 0.25) is 0 Å². The van der Waals surface area contributed by atoms with Gasteiger partial charge in [-0.05, 0) is 6.92 Å². The average Bonchev–Trinajstić information content (AvgIpc) is 2.34. The first-order chi connectivity index (χ1) is 5.29. The Balaban J connectivity index is 2.41. The summed E-state index contributed by atoms with van der Waals surface area (Å²) in [6.45, 7) is 9.35. The summed E-state index contributed by atoms with van der Waals surface area (Å²) in [4.78, 5) is 0. The molecule has 0 N–H and O–H groups in total. The van der Waals surface area contributed by atoms with Crippen molar-refractivity contribution in [2.24, 2.45) is 11.8 Å². The Morgan fingerprint density at radius 2 is 2.45 bits per heavy atom. The monoisotopic (exact) mass is 156 g/mol. The van der Waals surface area contributed by atoms with Crippen LogP contribution in [0.15, 0.2) is 12.7 Å². The minimum Gasteiger partial charge on any atom is -0.353 e. The van der Waals surface area contributed by atoms with E-state index in [1.165, 1.54) is 0 Å². The Morgan fingerprint density at radius 3 is 2.91 bits per heavy atom. The largest absolute Gasteiger partial charge is 0.353 e. The van der Waals surface area contributed by atoms with Gasteiger partial charge in [-0.1, -0.05) is 13.0 Å². The van der Waals surface area contributed by atoms with Crippen LogP contribution in [-0.2, 0) is 9.47 Å². The van der Waals surface area contributed by atoms with Crippen molar-refractivity contribution in [3.63, 3.8) is 0 Å². The second kappa shape index (κ2) is 3.88. The molecule has 2 heteroatoms. The lowest BCUT2D eigenvalue weighted by Gasteiger charge is -2.15. The summed E-state index contributed by atoms with van der Waals surface area (Å²) in [5, 5.41) is 0. The molecule has 1 aliphatic rings. The molecule has 11 heavy (non-hydrogen) atoms. The molecule has 3 atom stereocenters. The predicted octanol–water partition coefficient (Wildman–Crippen LogP) is 1.82. The maximum absolute atomic E-state index is 5.42. The summed E-state index contributed by atoms with van der Waals surface area (Å²) in [6.07, 6.45) is 1.94. The van der Waals surface area contributed by atoms with Crippen LogP contribution < -0.4 is 0 Å². The maximum Gasteiger partial charge on any atom is 0.160 e. The van der Waals surface area contributed by atoms with E-state index in [0.29, 0.717) is 11.8 Å². The van der Waals surface area contributed by atoms with E-state index in [2.05, 4.69) is 13.5 Å². The van der Waals surface area contributed by atoms with Gasteiger partial charge in [-0.3, -0.25) is 0 Å². The third-order valence-electron chi connectivity index (χ3n) is 2.19. The van der Waals surface area contributed by atoms with E-state index < -0.39 is 0 Å². The van der Waals surface area contributed by atoms with Crippen molar-refractivity contribution in [1.29, 1.82) is 0 Å². The van der Waals surface area contributed by atoms with Crippen molar-refractivity contribution >= 4 is 0 Å². The maximum atomic E-state index is 5.42. The van der Waals surface area contributed by atoms with Gasteiger partial charge in [-0.2, -0.15) is 0 Å². The van der Waals surface area contributed by atoms with Gasteiger partial charge in [-0.15, -0.1) is 6.58 Å². The fraction of sp³-hybridized carbons (Fsp3) is 0.778. The van der Waals surface area contributed by atoms with Gasteiger partial charge in [0, 0.05) is 18.4 Å². The van der Waals surface area contributed by atoms with Crippen LogP contribution in [0.3, 0.4) is 0 Å². The summed E-state index contributed by atoms with van der Waals surface area (Å²) in [5.74, 6) is 0.916. The van der Waals surface area contributed by atoms with Gasteiger partial charge in [0.25, 0.3) is 0 Å². The van der Waals surface area contributed by atoms with Gasteiger partial charge in [0.05, 0.1) is 6.61 Å². The molecule has 0 bridgehead atoms. The number of rotatable bonds is 3. The van der Waals surface area contributed by atoms with E-state index in [1.54, 1.807) is 0 Å². The Morgan fingerprint density at radius 1 is 1.73 bits per heavy atom. The SMILES string of the molecule is C=C[C@H]1CO[C@@H](OCC)[C@H]1C. The third kappa shape index (κ3) is 1.82. The van der Waals surface area contributed by atoms with E-state index in [1.807, 2.05) is 13.0 Å². The molecule has 0 aliphatic carbocycles. The van der Waals surface area contributed by atoms with Crippen molar-refractivity contribution < 1.29 is 9.47 Å². The zero-order valence-corrected chi connectivity index (χ0v) is 7.25. The highest BCUT2D eigenvalue weighted by Crippen LogP contribution is 2.27. The molecule has 0 aromatic carbocycles. The fourth-order valence-corrected chi connectivity index (χ4v) is 1.36. The first-order valence-electron chi connectivity index (χ1n) is 4.15. The van der Waals surface area contributed by atoms with E-state index >= 15 is 0 Å². The number of hydrogen-bond acceptors (Lipinski definition) is 2. The first-order valence-corrected chi connectivity index (χ1v) is 4.15. The predicted molar refractivity (Wildman–Crippen MR) is 44.2 cm³/mol. The van der Waals surface area contributed by atoms with Crippen LogP contribution in [-0.4, -0.2) is 19.5 Å². The molecule has 0 spiro atoms. The average molecular weight is 156 g/mol.